The molecule has 0 radical (unpaired) electrons. The summed E-state index contributed by atoms with van der Waals surface area (Å²) in [6.07, 6.45) is 1.08. The quantitative estimate of drug-likeness (QED) is 0.0524. The van der Waals surface area contributed by atoms with Crippen LogP contribution in [0, 0.1) is 0 Å². The Kier molecular flexibility index (Phi) is 28.7. The highest BCUT2D eigenvalue weighted by Gasteiger charge is 2.02. The fourth-order valence-corrected chi connectivity index (χ4v) is 9.79. The van der Waals surface area contributed by atoms with Crippen molar-refractivity contribution in [3.05, 3.63) is 170 Å². The molecule has 6 aromatic rings. The normalized spacial score (nSPS) is 10.2. The summed E-state index contributed by atoms with van der Waals surface area (Å²) in [4.78, 5) is 14.4. The van der Waals surface area contributed by atoms with Crippen LogP contribution in [0.4, 0.5) is 0 Å². The van der Waals surface area contributed by atoms with Crippen LogP contribution in [0.25, 0.3) is 0 Å². The lowest BCUT2D eigenvalue weighted by Crippen LogP contribution is -1.81. The summed E-state index contributed by atoms with van der Waals surface area (Å²) in [6, 6.07) is 50.6. The van der Waals surface area contributed by atoms with Crippen molar-refractivity contribution in [3.63, 3.8) is 0 Å². The molecule has 0 aliphatic carbocycles. The van der Waals surface area contributed by atoms with Crippen LogP contribution in [-0.4, -0.2) is 29.1 Å². The van der Waals surface area contributed by atoms with Crippen LogP contribution >= 0.6 is 142 Å². The molecule has 59 heavy (non-hydrogen) atoms. The summed E-state index contributed by atoms with van der Waals surface area (Å²) in [5.74, 6) is 4.08. The first kappa shape index (κ1) is 52.2. The van der Waals surface area contributed by atoms with Gasteiger partial charge in [-0.1, -0.05) is 78.9 Å². The van der Waals surface area contributed by atoms with E-state index in [2.05, 4.69) is 160 Å². The van der Waals surface area contributed by atoms with Crippen molar-refractivity contribution < 1.29 is 0 Å². The monoisotopic (exact) mass is 1000 g/mol. The zero-order chi connectivity index (χ0) is 42.5. The van der Waals surface area contributed by atoms with E-state index in [9.17, 15) is 0 Å². The van der Waals surface area contributed by atoms with E-state index in [0.717, 1.165) is 33.6 Å². The van der Waals surface area contributed by atoms with Crippen molar-refractivity contribution in [2.24, 2.45) is 0 Å². The van der Waals surface area contributed by atoms with E-state index < -0.39 is 0 Å². The fourth-order valence-electron chi connectivity index (χ4n) is 4.32. The molecule has 0 aliphatic rings. The van der Waals surface area contributed by atoms with Crippen molar-refractivity contribution in [2.75, 3.05) is 29.1 Å². The topological polar surface area (TPSA) is 0 Å². The average Bonchev–Trinajstić information content (AvgIpc) is 3.27. The summed E-state index contributed by atoms with van der Waals surface area (Å²) in [7, 11) is 0. The Balaban J connectivity index is 0.000000228. The van der Waals surface area contributed by atoms with Crippen LogP contribution in [0.1, 0.15) is 13.3 Å². The van der Waals surface area contributed by atoms with Gasteiger partial charge in [0, 0.05) is 87.9 Å². The maximum atomic E-state index is 5.70. The highest BCUT2D eigenvalue weighted by atomic mass is 35.5. The predicted molar refractivity (Wildman–Crippen MR) is 282 cm³/mol. The van der Waals surface area contributed by atoms with E-state index in [0.29, 0.717) is 11.8 Å². The van der Waals surface area contributed by atoms with E-state index in [-0.39, 0.29) is 0 Å². The Bertz CT molecular complexity index is 1860. The van der Waals surface area contributed by atoms with Gasteiger partial charge in [-0.15, -0.1) is 83.6 Å². The van der Waals surface area contributed by atoms with Gasteiger partial charge in [-0.25, -0.2) is 0 Å². The van der Waals surface area contributed by atoms with Crippen molar-refractivity contribution in [1.82, 2.24) is 0 Å². The molecule has 12 heteroatoms. The molecule has 0 bridgehead atoms. The molecule has 0 heterocycles. The molecule has 0 aromatic heterocycles. The van der Waals surface area contributed by atoms with Gasteiger partial charge in [-0.3, -0.25) is 0 Å². The molecule has 0 atom stereocenters. The lowest BCUT2D eigenvalue weighted by Gasteiger charge is -2.05. The number of hydrogen-bond donors (Lipinski definition) is 2. The van der Waals surface area contributed by atoms with E-state index in [4.69, 9.17) is 34.8 Å². The molecule has 0 aliphatic heterocycles. The zero-order valence-corrected chi connectivity index (χ0v) is 42.3. The first-order valence-electron chi connectivity index (χ1n) is 18.3. The Morgan fingerprint density at radius 2 is 0.610 bits per heavy atom. The molecule has 0 saturated heterocycles. The molecule has 0 unspecified atom stereocenters. The van der Waals surface area contributed by atoms with Gasteiger partial charge in [0.15, 0.2) is 0 Å². The van der Waals surface area contributed by atoms with Gasteiger partial charge in [0.1, 0.15) is 0 Å². The molecular formula is C47H47Cl3S9. The van der Waals surface area contributed by atoms with Crippen LogP contribution in [-0.2, 0) is 0 Å². The molecule has 0 amide bonds. The van der Waals surface area contributed by atoms with Crippen LogP contribution in [0.2, 0.25) is 0 Å². The summed E-state index contributed by atoms with van der Waals surface area (Å²) in [6.45, 7) is 9.49. The van der Waals surface area contributed by atoms with Crippen LogP contribution in [0.3, 0.4) is 0 Å². The largest absolute Gasteiger partial charge is 0.143 e. The van der Waals surface area contributed by atoms with E-state index in [1.54, 1.807) is 82.3 Å². The van der Waals surface area contributed by atoms with Crippen LogP contribution < -0.4 is 0 Å². The number of halogens is 3. The van der Waals surface area contributed by atoms with Crippen molar-refractivity contribution >= 4 is 142 Å². The predicted octanol–water partition coefficient (Wildman–Crippen LogP) is 18.9. The third-order valence-electron chi connectivity index (χ3n) is 7.00. The minimum absolute atomic E-state index is 0.690. The zero-order valence-electron chi connectivity index (χ0n) is 32.6. The molecule has 0 fully saturated rings. The molecule has 0 saturated carbocycles. The Morgan fingerprint density at radius 3 is 0.831 bits per heavy atom. The van der Waals surface area contributed by atoms with Crippen LogP contribution in [0.15, 0.2) is 228 Å². The highest BCUT2D eigenvalue weighted by molar-refractivity contribution is 8.02. The van der Waals surface area contributed by atoms with Crippen molar-refractivity contribution in [3.8, 4) is 0 Å². The minimum Gasteiger partial charge on any atom is -0.143 e. The second kappa shape index (κ2) is 32.5. The van der Waals surface area contributed by atoms with Gasteiger partial charge in [0.05, 0.1) is 0 Å². The number of benzene rings is 6. The molecule has 0 spiro atoms. The third kappa shape index (κ3) is 23.2. The molecule has 0 nitrogen and oxygen atoms in total. The summed E-state index contributed by atoms with van der Waals surface area (Å²) in [5, 5.41) is 3.69. The lowest BCUT2D eigenvalue weighted by molar-refractivity contribution is 1.10. The molecule has 310 valence electrons. The van der Waals surface area contributed by atoms with E-state index in [1.807, 2.05) is 42.0 Å². The smallest absolute Gasteiger partial charge is 0.0317 e. The summed E-state index contributed by atoms with van der Waals surface area (Å²) < 4.78 is 0. The number of hydrogen-bond acceptors (Lipinski definition) is 9. The highest BCUT2D eigenvalue weighted by Crippen LogP contribution is 2.33. The van der Waals surface area contributed by atoms with Gasteiger partial charge in [0.25, 0.3) is 0 Å². The number of thiol groups is 2. The standard InChI is InChI=1S/C16H16Cl2S3.C16H14S3.C12H10S3.C3H7Cl/c17-9-11-19-13-1-5-15(6-2-13)21-16-7-3-14(4-8-16)20-12-10-18;1-3-17-13-5-9-15(10-6-13)19-16-11-7-14(8-12-16)18-4-2;13-9-1-5-11(6-2-9)15-12-7-3-10(14)4-8-12;1-2-3-4/h1-8H,9-12H2;3-12H,1-2H2;1-8,13-14H;2-3H2,1H3. The molecule has 6 aromatic carbocycles. The Morgan fingerprint density at radius 1 is 0.390 bits per heavy atom. The molecule has 6 rings (SSSR count). The SMILES string of the molecule is C=CSc1ccc(Sc2ccc(SC=C)cc2)cc1.CCCCl.ClCCSc1ccc(Sc2ccc(SCCCl)cc2)cc1.Sc1ccc(Sc2ccc(S)cc2)cc1. The number of alkyl halides is 3. The first-order valence-corrected chi connectivity index (χ1v) is 27.0. The second-order valence-electron chi connectivity index (χ2n) is 11.5. The van der Waals surface area contributed by atoms with E-state index in [1.165, 1.54) is 49.0 Å². The average molecular weight is 1010 g/mol. The van der Waals surface area contributed by atoms with Gasteiger partial charge in [0.2, 0.25) is 0 Å². The molecular weight excluding hydrogens is 959 g/mol. The van der Waals surface area contributed by atoms with Gasteiger partial charge >= 0.3 is 0 Å². The van der Waals surface area contributed by atoms with Crippen LogP contribution in [0.5, 0.6) is 0 Å². The summed E-state index contributed by atoms with van der Waals surface area (Å²) in [5.41, 5.74) is 0. The Labute approximate surface area is 408 Å². The Hall–Kier alpha value is -1.18. The lowest BCUT2D eigenvalue weighted by atomic mass is 10.4. The fraction of sp³-hybridized carbons (Fsp3) is 0.149. The second-order valence-corrected chi connectivity index (χ2v) is 21.5. The van der Waals surface area contributed by atoms with Gasteiger partial charge < -0.3 is 0 Å². The van der Waals surface area contributed by atoms with Gasteiger partial charge in [-0.05, 0) is 163 Å². The maximum absolute atomic E-state index is 5.70. The number of thioether (sulfide) groups is 4. The maximum Gasteiger partial charge on any atom is 0.0317 e. The van der Waals surface area contributed by atoms with Crippen molar-refractivity contribution in [1.29, 1.82) is 0 Å². The minimum atomic E-state index is 0.690. The molecule has 0 N–H and O–H groups in total. The van der Waals surface area contributed by atoms with E-state index >= 15 is 0 Å². The number of rotatable bonds is 17. The first-order chi connectivity index (χ1) is 28.8. The summed E-state index contributed by atoms with van der Waals surface area (Å²) >= 11 is 37.2. The van der Waals surface area contributed by atoms with Gasteiger partial charge in [-0.2, -0.15) is 0 Å². The third-order valence-corrected chi connectivity index (χ3v) is 15.3. The van der Waals surface area contributed by atoms with Crippen molar-refractivity contribution in [2.45, 2.75) is 72.1 Å².